The Morgan fingerprint density at radius 3 is 2.94 bits per heavy atom. The molecule has 0 saturated carbocycles. The number of anilines is 1. The summed E-state index contributed by atoms with van der Waals surface area (Å²) in [6, 6.07) is 7.80. The Labute approximate surface area is 93.2 Å². The van der Waals surface area contributed by atoms with Crippen molar-refractivity contribution in [3.63, 3.8) is 0 Å². The predicted molar refractivity (Wildman–Crippen MR) is 60.3 cm³/mol. The predicted octanol–water partition coefficient (Wildman–Crippen LogP) is 0.633. The number of benzene rings is 1. The molecule has 1 atom stereocenters. The zero-order chi connectivity index (χ0) is 11.4. The number of nitrogen functional groups attached to an aromatic ring is 1. The third-order valence-corrected chi connectivity index (χ3v) is 2.40. The van der Waals surface area contributed by atoms with Gasteiger partial charge in [-0.3, -0.25) is 0 Å². The van der Waals surface area contributed by atoms with E-state index in [1.807, 2.05) is 31.2 Å². The molecule has 4 N–H and O–H groups in total. The first-order chi connectivity index (χ1) is 7.77. The number of rotatable bonds is 4. The topological polar surface area (TPSA) is 92.5 Å². The smallest absolute Gasteiger partial charge is 0.191 e. The number of H-pyrrole nitrogens is 1. The second kappa shape index (κ2) is 4.71. The third-order valence-electron chi connectivity index (χ3n) is 2.40. The van der Waals surface area contributed by atoms with Crippen molar-refractivity contribution in [2.24, 2.45) is 0 Å². The minimum Gasteiger partial charge on any atom is -0.398 e. The van der Waals surface area contributed by atoms with E-state index in [2.05, 4.69) is 25.9 Å². The lowest BCUT2D eigenvalue weighted by atomic mass is 10.1. The maximum absolute atomic E-state index is 5.84. The lowest BCUT2D eigenvalue weighted by molar-refractivity contribution is 0.547. The lowest BCUT2D eigenvalue weighted by Gasteiger charge is -2.11. The van der Waals surface area contributed by atoms with Crippen LogP contribution in [-0.4, -0.2) is 20.6 Å². The number of aromatic nitrogens is 4. The van der Waals surface area contributed by atoms with Crippen LogP contribution in [0.15, 0.2) is 24.3 Å². The van der Waals surface area contributed by atoms with E-state index in [1.54, 1.807) is 0 Å². The van der Waals surface area contributed by atoms with Crippen LogP contribution in [0.1, 0.15) is 24.4 Å². The quantitative estimate of drug-likeness (QED) is 0.655. The Morgan fingerprint density at radius 2 is 2.25 bits per heavy atom. The van der Waals surface area contributed by atoms with E-state index >= 15 is 0 Å². The van der Waals surface area contributed by atoms with Gasteiger partial charge in [-0.1, -0.05) is 23.4 Å². The SMILES string of the molecule is CC(NCc1ccccc1N)c1nn[nH]n1. The molecule has 1 aromatic carbocycles. The minimum absolute atomic E-state index is 0.0401. The van der Waals surface area contributed by atoms with Crippen LogP contribution in [0, 0.1) is 0 Å². The van der Waals surface area contributed by atoms with Crippen LogP contribution in [0.3, 0.4) is 0 Å². The summed E-state index contributed by atoms with van der Waals surface area (Å²) in [7, 11) is 0. The first-order valence-electron chi connectivity index (χ1n) is 5.07. The van der Waals surface area contributed by atoms with Gasteiger partial charge < -0.3 is 11.1 Å². The molecule has 1 unspecified atom stereocenters. The number of nitrogens with zero attached hydrogens (tertiary/aromatic N) is 3. The van der Waals surface area contributed by atoms with Gasteiger partial charge in [0.2, 0.25) is 0 Å². The summed E-state index contributed by atoms with van der Waals surface area (Å²) in [6.45, 7) is 2.66. The van der Waals surface area contributed by atoms with Gasteiger partial charge in [0.05, 0.1) is 6.04 Å². The fraction of sp³-hybridized carbons (Fsp3) is 0.300. The van der Waals surface area contributed by atoms with Gasteiger partial charge in [0.1, 0.15) is 0 Å². The normalized spacial score (nSPS) is 12.6. The summed E-state index contributed by atoms with van der Waals surface area (Å²) in [4.78, 5) is 0. The Hall–Kier alpha value is -1.95. The molecule has 0 spiro atoms. The summed E-state index contributed by atoms with van der Waals surface area (Å²) in [5, 5.41) is 17.0. The Bertz CT molecular complexity index is 438. The Balaban J connectivity index is 1.95. The van der Waals surface area contributed by atoms with Crippen LogP contribution in [0.4, 0.5) is 5.69 Å². The molecule has 0 aliphatic heterocycles. The zero-order valence-corrected chi connectivity index (χ0v) is 9.01. The van der Waals surface area contributed by atoms with Crippen molar-refractivity contribution < 1.29 is 0 Å². The molecule has 2 aromatic rings. The van der Waals surface area contributed by atoms with E-state index in [4.69, 9.17) is 5.73 Å². The fourth-order valence-electron chi connectivity index (χ4n) is 1.40. The molecule has 0 fully saturated rings. The van der Waals surface area contributed by atoms with Crippen molar-refractivity contribution in [1.82, 2.24) is 25.9 Å². The molecule has 0 radical (unpaired) electrons. The molecule has 84 valence electrons. The lowest BCUT2D eigenvalue weighted by Crippen LogP contribution is -2.19. The number of tetrazole rings is 1. The van der Waals surface area contributed by atoms with E-state index < -0.39 is 0 Å². The van der Waals surface area contributed by atoms with Crippen molar-refractivity contribution in [2.75, 3.05) is 5.73 Å². The van der Waals surface area contributed by atoms with Gasteiger partial charge in [0.15, 0.2) is 5.82 Å². The molecule has 0 aliphatic rings. The van der Waals surface area contributed by atoms with Crippen LogP contribution in [0.25, 0.3) is 0 Å². The molecular formula is C10H14N6. The molecule has 2 rings (SSSR count). The highest BCUT2D eigenvalue weighted by atomic mass is 15.5. The van der Waals surface area contributed by atoms with Crippen LogP contribution < -0.4 is 11.1 Å². The van der Waals surface area contributed by atoms with Gasteiger partial charge >= 0.3 is 0 Å². The average Bonchev–Trinajstić information content (AvgIpc) is 2.81. The fourth-order valence-corrected chi connectivity index (χ4v) is 1.40. The van der Waals surface area contributed by atoms with Crippen LogP contribution >= 0.6 is 0 Å². The monoisotopic (exact) mass is 218 g/mol. The Kier molecular flexibility index (Phi) is 3.11. The number of hydrogen-bond donors (Lipinski definition) is 3. The molecule has 6 nitrogen and oxygen atoms in total. The molecule has 0 bridgehead atoms. The molecular weight excluding hydrogens is 204 g/mol. The summed E-state index contributed by atoms with van der Waals surface area (Å²) >= 11 is 0. The number of aromatic amines is 1. The second-order valence-electron chi connectivity index (χ2n) is 3.57. The third kappa shape index (κ3) is 2.34. The second-order valence-corrected chi connectivity index (χ2v) is 3.57. The zero-order valence-electron chi connectivity index (χ0n) is 9.01. The molecule has 0 aliphatic carbocycles. The molecule has 6 heteroatoms. The van der Waals surface area contributed by atoms with Gasteiger partial charge in [-0.05, 0) is 18.6 Å². The first kappa shape index (κ1) is 10.6. The van der Waals surface area contributed by atoms with Crippen molar-refractivity contribution >= 4 is 5.69 Å². The molecule has 0 saturated heterocycles. The number of nitrogens with two attached hydrogens (primary N) is 1. The van der Waals surface area contributed by atoms with Crippen molar-refractivity contribution in [3.8, 4) is 0 Å². The van der Waals surface area contributed by atoms with Crippen LogP contribution in [-0.2, 0) is 6.54 Å². The number of hydrogen-bond acceptors (Lipinski definition) is 5. The van der Waals surface area contributed by atoms with Crippen molar-refractivity contribution in [3.05, 3.63) is 35.7 Å². The van der Waals surface area contributed by atoms with Crippen LogP contribution in [0.5, 0.6) is 0 Å². The van der Waals surface area contributed by atoms with E-state index in [1.165, 1.54) is 0 Å². The van der Waals surface area contributed by atoms with Crippen molar-refractivity contribution in [2.45, 2.75) is 19.5 Å². The van der Waals surface area contributed by atoms with E-state index in [0.717, 1.165) is 11.3 Å². The Morgan fingerprint density at radius 1 is 1.44 bits per heavy atom. The highest BCUT2D eigenvalue weighted by molar-refractivity contribution is 5.46. The van der Waals surface area contributed by atoms with Gasteiger partial charge in [-0.25, -0.2) is 0 Å². The van der Waals surface area contributed by atoms with Gasteiger partial charge in [0, 0.05) is 12.2 Å². The van der Waals surface area contributed by atoms with E-state index in [0.29, 0.717) is 12.4 Å². The maximum Gasteiger partial charge on any atom is 0.191 e. The summed E-state index contributed by atoms with van der Waals surface area (Å²) in [6.07, 6.45) is 0. The van der Waals surface area contributed by atoms with Crippen molar-refractivity contribution in [1.29, 1.82) is 0 Å². The summed E-state index contributed by atoms with van der Waals surface area (Å²) < 4.78 is 0. The summed E-state index contributed by atoms with van der Waals surface area (Å²) in [5.74, 6) is 0.648. The van der Waals surface area contributed by atoms with Gasteiger partial charge in [-0.15, -0.1) is 10.2 Å². The molecule has 1 heterocycles. The van der Waals surface area contributed by atoms with Gasteiger partial charge in [0.25, 0.3) is 0 Å². The maximum atomic E-state index is 5.84. The first-order valence-corrected chi connectivity index (χ1v) is 5.07. The largest absolute Gasteiger partial charge is 0.398 e. The highest BCUT2D eigenvalue weighted by Crippen LogP contribution is 2.12. The summed E-state index contributed by atoms with van der Waals surface area (Å²) in [5.41, 5.74) is 7.69. The van der Waals surface area contributed by atoms with E-state index in [9.17, 15) is 0 Å². The number of nitrogens with one attached hydrogen (secondary N) is 2. The molecule has 16 heavy (non-hydrogen) atoms. The van der Waals surface area contributed by atoms with Gasteiger partial charge in [-0.2, -0.15) is 5.21 Å². The minimum atomic E-state index is 0.0401. The highest BCUT2D eigenvalue weighted by Gasteiger charge is 2.09. The van der Waals surface area contributed by atoms with Crippen LogP contribution in [0.2, 0.25) is 0 Å². The molecule has 1 aromatic heterocycles. The standard InChI is InChI=1S/C10H14N6/c1-7(10-13-15-16-14-10)12-6-8-4-2-3-5-9(8)11/h2-5,7,12H,6,11H2,1H3,(H,13,14,15,16). The molecule has 0 amide bonds. The van der Waals surface area contributed by atoms with E-state index in [-0.39, 0.29) is 6.04 Å². The average molecular weight is 218 g/mol. The number of para-hydroxylation sites is 1.